The van der Waals surface area contributed by atoms with E-state index in [0.29, 0.717) is 18.1 Å². The predicted molar refractivity (Wildman–Crippen MR) is 109 cm³/mol. The minimum atomic E-state index is -0.240. The number of rotatable bonds is 9. The zero-order valence-electron chi connectivity index (χ0n) is 16.4. The van der Waals surface area contributed by atoms with Crippen LogP contribution in [0.4, 0.5) is 5.69 Å². The minimum absolute atomic E-state index is 0.150. The third-order valence-electron chi connectivity index (χ3n) is 4.50. The molecule has 1 amide bonds. The summed E-state index contributed by atoms with van der Waals surface area (Å²) in [6.07, 6.45) is 5.84. The van der Waals surface area contributed by atoms with Gasteiger partial charge in [0.25, 0.3) is 5.91 Å². The van der Waals surface area contributed by atoms with Crippen molar-refractivity contribution >= 4 is 17.8 Å². The quantitative estimate of drug-likeness (QED) is 0.526. The van der Waals surface area contributed by atoms with E-state index in [1.54, 1.807) is 7.11 Å². The van der Waals surface area contributed by atoms with Crippen LogP contribution in [0, 0.1) is 0 Å². The van der Waals surface area contributed by atoms with Gasteiger partial charge in [0.05, 0.1) is 19.9 Å². The molecule has 0 saturated heterocycles. The van der Waals surface area contributed by atoms with Gasteiger partial charge in [0.2, 0.25) is 0 Å². The summed E-state index contributed by atoms with van der Waals surface area (Å²) in [5.41, 5.74) is 4.28. The van der Waals surface area contributed by atoms with Crippen molar-refractivity contribution in [1.29, 1.82) is 0 Å². The van der Waals surface area contributed by atoms with E-state index in [0.717, 1.165) is 30.5 Å². The molecule has 0 heterocycles. The maximum atomic E-state index is 12.0. The van der Waals surface area contributed by atoms with E-state index in [1.807, 2.05) is 37.3 Å². The van der Waals surface area contributed by atoms with Gasteiger partial charge >= 0.3 is 0 Å². The van der Waals surface area contributed by atoms with E-state index < -0.39 is 0 Å². The third kappa shape index (κ3) is 5.25. The topological polar surface area (TPSA) is 69.2 Å². The summed E-state index contributed by atoms with van der Waals surface area (Å²) in [4.78, 5) is 17.1. The Hall–Kier alpha value is -3.02. The summed E-state index contributed by atoms with van der Waals surface area (Å²) in [6.45, 7) is 2.53. The summed E-state index contributed by atoms with van der Waals surface area (Å²) in [6, 6.07) is 11.5. The molecular formula is C22H26N2O4. The molecule has 0 unspecified atom stereocenters. The molecule has 2 aromatic carbocycles. The number of hydrogen-bond donors (Lipinski definition) is 1. The van der Waals surface area contributed by atoms with Gasteiger partial charge in [0.15, 0.2) is 18.1 Å². The molecule has 0 spiro atoms. The Balaban J connectivity index is 1.48. The number of hydrogen-bond acceptors (Lipinski definition) is 5. The molecule has 1 N–H and O–H groups in total. The van der Waals surface area contributed by atoms with Crippen LogP contribution in [0.2, 0.25) is 0 Å². The number of anilines is 1. The van der Waals surface area contributed by atoms with Crippen LogP contribution < -0.4 is 14.8 Å². The van der Waals surface area contributed by atoms with Crippen molar-refractivity contribution in [2.24, 2.45) is 5.16 Å². The Morgan fingerprint density at radius 3 is 2.82 bits per heavy atom. The Morgan fingerprint density at radius 1 is 1.14 bits per heavy atom. The van der Waals surface area contributed by atoms with E-state index in [2.05, 4.69) is 16.5 Å². The van der Waals surface area contributed by atoms with Gasteiger partial charge in [-0.3, -0.25) is 4.79 Å². The van der Waals surface area contributed by atoms with Gasteiger partial charge in [-0.2, -0.15) is 0 Å². The largest absolute Gasteiger partial charge is 0.493 e. The van der Waals surface area contributed by atoms with Gasteiger partial charge in [-0.25, -0.2) is 0 Å². The van der Waals surface area contributed by atoms with Crippen LogP contribution >= 0.6 is 0 Å². The van der Waals surface area contributed by atoms with Crippen molar-refractivity contribution < 1.29 is 19.1 Å². The average Bonchev–Trinajstić information content (AvgIpc) is 3.17. The van der Waals surface area contributed by atoms with Crippen molar-refractivity contribution in [2.75, 3.05) is 25.6 Å². The number of methoxy groups -OCH3 is 1. The Labute approximate surface area is 165 Å². The third-order valence-corrected chi connectivity index (χ3v) is 4.50. The molecule has 1 aliphatic rings. The van der Waals surface area contributed by atoms with Crippen LogP contribution in [0.15, 0.2) is 41.6 Å². The van der Waals surface area contributed by atoms with E-state index >= 15 is 0 Å². The molecule has 28 heavy (non-hydrogen) atoms. The molecule has 3 rings (SSSR count). The molecule has 0 radical (unpaired) electrons. The van der Waals surface area contributed by atoms with Crippen molar-refractivity contribution in [3.63, 3.8) is 0 Å². The first-order valence-electron chi connectivity index (χ1n) is 9.57. The molecule has 148 valence electrons. The van der Waals surface area contributed by atoms with Gasteiger partial charge in [0, 0.05) is 11.3 Å². The van der Waals surface area contributed by atoms with Crippen LogP contribution in [0.25, 0.3) is 0 Å². The fourth-order valence-electron chi connectivity index (χ4n) is 3.14. The zero-order valence-corrected chi connectivity index (χ0v) is 16.4. The van der Waals surface area contributed by atoms with Crippen LogP contribution in [-0.4, -0.2) is 32.4 Å². The molecule has 6 heteroatoms. The maximum Gasteiger partial charge on any atom is 0.265 e. The zero-order chi connectivity index (χ0) is 19.8. The second-order valence-electron chi connectivity index (χ2n) is 6.65. The predicted octanol–water partition coefficient (Wildman–Crippen LogP) is 3.96. The highest BCUT2D eigenvalue weighted by atomic mass is 16.6. The monoisotopic (exact) mass is 382 g/mol. The summed E-state index contributed by atoms with van der Waals surface area (Å²) < 4.78 is 11.0. The number of aryl methyl sites for hydroxylation is 2. The van der Waals surface area contributed by atoms with Crippen LogP contribution in [0.3, 0.4) is 0 Å². The first kappa shape index (κ1) is 19.7. The number of benzene rings is 2. The molecule has 6 nitrogen and oxygen atoms in total. The summed E-state index contributed by atoms with van der Waals surface area (Å²) in [5.74, 6) is 1.08. The lowest BCUT2D eigenvalue weighted by Gasteiger charge is -2.10. The lowest BCUT2D eigenvalue weighted by Crippen LogP contribution is -2.17. The van der Waals surface area contributed by atoms with Crippen LogP contribution in [0.1, 0.15) is 36.5 Å². The first-order chi connectivity index (χ1) is 13.7. The molecule has 0 bridgehead atoms. The van der Waals surface area contributed by atoms with E-state index in [9.17, 15) is 4.79 Å². The van der Waals surface area contributed by atoms with E-state index in [-0.39, 0.29) is 12.5 Å². The fourth-order valence-corrected chi connectivity index (χ4v) is 3.14. The first-order valence-corrected chi connectivity index (χ1v) is 9.57. The van der Waals surface area contributed by atoms with Gasteiger partial charge in [0.1, 0.15) is 0 Å². The van der Waals surface area contributed by atoms with Crippen LogP contribution in [0.5, 0.6) is 11.5 Å². The second kappa shape index (κ2) is 9.78. The number of oxime groups is 1. The SMILES string of the molecule is CCCOc1ccc(/C=N\OCC(=O)Nc2ccc3c(c2)CCC3)cc1OC. The number of nitrogens with one attached hydrogen (secondary N) is 1. The van der Waals surface area contributed by atoms with Gasteiger partial charge in [-0.1, -0.05) is 18.1 Å². The fraction of sp³-hybridized carbons (Fsp3) is 0.364. The Bertz CT molecular complexity index is 848. The Morgan fingerprint density at radius 2 is 2.00 bits per heavy atom. The molecule has 0 saturated carbocycles. The molecule has 0 atom stereocenters. The smallest absolute Gasteiger partial charge is 0.265 e. The maximum absolute atomic E-state index is 12.0. The van der Waals surface area contributed by atoms with Crippen molar-refractivity contribution in [3.8, 4) is 11.5 Å². The molecule has 0 aliphatic heterocycles. The van der Waals surface area contributed by atoms with Crippen molar-refractivity contribution in [1.82, 2.24) is 0 Å². The molecule has 0 fully saturated rings. The van der Waals surface area contributed by atoms with Gasteiger partial charge in [-0.15, -0.1) is 0 Å². The van der Waals surface area contributed by atoms with E-state index in [4.69, 9.17) is 14.3 Å². The number of fused-ring (bicyclic) bond motifs is 1. The summed E-state index contributed by atoms with van der Waals surface area (Å²) >= 11 is 0. The second-order valence-corrected chi connectivity index (χ2v) is 6.65. The van der Waals surface area contributed by atoms with Gasteiger partial charge in [-0.05, 0) is 67.1 Å². The lowest BCUT2D eigenvalue weighted by atomic mass is 10.1. The lowest BCUT2D eigenvalue weighted by molar-refractivity contribution is -0.120. The van der Waals surface area contributed by atoms with Gasteiger partial charge < -0.3 is 19.6 Å². The molecule has 0 aromatic heterocycles. The van der Waals surface area contributed by atoms with Crippen molar-refractivity contribution in [3.05, 3.63) is 53.1 Å². The minimum Gasteiger partial charge on any atom is -0.493 e. The van der Waals surface area contributed by atoms with E-state index in [1.165, 1.54) is 23.8 Å². The normalized spacial score (nSPS) is 12.6. The Kier molecular flexibility index (Phi) is 6.89. The van der Waals surface area contributed by atoms with Crippen LogP contribution in [-0.2, 0) is 22.5 Å². The molecule has 2 aromatic rings. The number of amides is 1. The number of carbonyl (C=O) groups excluding carboxylic acids is 1. The van der Waals surface area contributed by atoms with Crippen molar-refractivity contribution in [2.45, 2.75) is 32.6 Å². The highest BCUT2D eigenvalue weighted by Crippen LogP contribution is 2.27. The highest BCUT2D eigenvalue weighted by Gasteiger charge is 2.12. The summed E-state index contributed by atoms with van der Waals surface area (Å²) in [7, 11) is 1.59. The summed E-state index contributed by atoms with van der Waals surface area (Å²) in [5, 5.41) is 6.71. The number of nitrogens with zero attached hydrogens (tertiary/aromatic N) is 1. The highest BCUT2D eigenvalue weighted by molar-refractivity contribution is 5.92. The molecule has 1 aliphatic carbocycles. The average molecular weight is 382 g/mol. The number of ether oxygens (including phenoxy) is 2. The molecular weight excluding hydrogens is 356 g/mol. The number of carbonyl (C=O) groups is 1. The standard InChI is InChI=1S/C22H26N2O4/c1-3-11-27-20-10-7-16(12-21(20)26-2)14-23-28-15-22(25)24-19-9-8-17-5-4-6-18(17)13-19/h7-10,12-14H,3-6,11,15H2,1-2H3,(H,24,25)/b23-14-.